The van der Waals surface area contributed by atoms with Gasteiger partial charge >= 0.3 is 0 Å². The predicted octanol–water partition coefficient (Wildman–Crippen LogP) is 4.33. The number of rotatable bonds is 4. The molecule has 88 valence electrons. The van der Waals surface area contributed by atoms with Gasteiger partial charge in [-0.1, -0.05) is 6.07 Å². The van der Waals surface area contributed by atoms with Crippen LogP contribution in [0.1, 0.15) is 5.56 Å². The average Bonchev–Trinajstić information content (AvgIpc) is 2.40. The highest BCUT2D eigenvalue weighted by molar-refractivity contribution is 7.98. The average molecular weight is 266 g/mol. The molecular weight excluding hydrogens is 254 g/mol. The first-order valence-corrected chi connectivity index (χ1v) is 6.91. The second kappa shape index (κ2) is 5.94. The molecule has 1 aromatic carbocycles. The Kier molecular flexibility index (Phi) is 4.29. The first-order valence-electron chi connectivity index (χ1n) is 5.15. The summed E-state index contributed by atoms with van der Waals surface area (Å²) >= 11 is 7.52. The minimum Gasteiger partial charge on any atom is -0.439 e. The Morgan fingerprint density at radius 2 is 2.00 bits per heavy atom. The van der Waals surface area contributed by atoms with E-state index in [0.717, 1.165) is 11.3 Å². The minimum atomic E-state index is 0.395. The summed E-state index contributed by atoms with van der Waals surface area (Å²) in [5.41, 5.74) is 0.892. The highest BCUT2D eigenvalue weighted by Gasteiger charge is 2.04. The molecule has 2 aromatic rings. The number of nitrogens with zero attached hydrogens (tertiary/aromatic N) is 1. The van der Waals surface area contributed by atoms with Crippen LogP contribution in [0.3, 0.4) is 0 Å². The third kappa shape index (κ3) is 3.14. The van der Waals surface area contributed by atoms with Crippen LogP contribution < -0.4 is 4.74 Å². The molecule has 17 heavy (non-hydrogen) atoms. The summed E-state index contributed by atoms with van der Waals surface area (Å²) in [5, 5.41) is 0. The largest absolute Gasteiger partial charge is 0.439 e. The molecule has 0 N–H and O–H groups in total. The molecule has 2 nitrogen and oxygen atoms in total. The standard InChI is InChI=1S/C13H12ClNOS/c1-17-12-6-4-11(5-7-12)16-13-10(9-14)3-2-8-15-13/h2-8H,9H2,1H3. The van der Waals surface area contributed by atoms with Gasteiger partial charge in [0.05, 0.1) is 5.88 Å². The van der Waals surface area contributed by atoms with Crippen LogP contribution in [0, 0.1) is 0 Å². The van der Waals surface area contributed by atoms with E-state index in [0.29, 0.717) is 11.8 Å². The molecular formula is C13H12ClNOS. The van der Waals surface area contributed by atoms with E-state index in [1.807, 2.05) is 42.7 Å². The monoisotopic (exact) mass is 265 g/mol. The summed E-state index contributed by atoms with van der Waals surface area (Å²) in [7, 11) is 0. The molecule has 0 radical (unpaired) electrons. The second-order valence-corrected chi connectivity index (χ2v) is 4.53. The van der Waals surface area contributed by atoms with Gasteiger partial charge in [0.25, 0.3) is 0 Å². The summed E-state index contributed by atoms with van der Waals surface area (Å²) < 4.78 is 5.70. The number of hydrogen-bond acceptors (Lipinski definition) is 3. The summed E-state index contributed by atoms with van der Waals surface area (Å²) in [6.07, 6.45) is 3.74. The number of halogens is 1. The Morgan fingerprint density at radius 1 is 1.24 bits per heavy atom. The van der Waals surface area contributed by atoms with Crippen LogP contribution >= 0.6 is 23.4 Å². The van der Waals surface area contributed by atoms with Crippen molar-refractivity contribution in [3.8, 4) is 11.6 Å². The lowest BCUT2D eigenvalue weighted by Gasteiger charge is -2.08. The zero-order valence-electron chi connectivity index (χ0n) is 9.39. The Hall–Kier alpha value is -1.19. The van der Waals surface area contributed by atoms with Crippen LogP contribution in [-0.4, -0.2) is 11.2 Å². The maximum atomic E-state index is 5.82. The Morgan fingerprint density at radius 3 is 2.65 bits per heavy atom. The van der Waals surface area contributed by atoms with Crippen molar-refractivity contribution in [1.29, 1.82) is 0 Å². The predicted molar refractivity (Wildman–Crippen MR) is 72.1 cm³/mol. The van der Waals surface area contributed by atoms with Crippen molar-refractivity contribution in [2.75, 3.05) is 6.26 Å². The number of benzene rings is 1. The fraction of sp³-hybridized carbons (Fsp3) is 0.154. The molecule has 0 amide bonds. The third-order valence-electron chi connectivity index (χ3n) is 2.27. The highest BCUT2D eigenvalue weighted by atomic mass is 35.5. The maximum Gasteiger partial charge on any atom is 0.223 e. The van der Waals surface area contributed by atoms with Crippen molar-refractivity contribution in [3.63, 3.8) is 0 Å². The molecule has 4 heteroatoms. The third-order valence-corrected chi connectivity index (χ3v) is 3.30. The van der Waals surface area contributed by atoms with E-state index in [1.54, 1.807) is 18.0 Å². The van der Waals surface area contributed by atoms with Crippen LogP contribution in [-0.2, 0) is 5.88 Å². The van der Waals surface area contributed by atoms with Crippen LogP contribution in [0.2, 0.25) is 0 Å². The van der Waals surface area contributed by atoms with Gasteiger partial charge in [0.1, 0.15) is 5.75 Å². The summed E-state index contributed by atoms with van der Waals surface area (Å²) in [5.74, 6) is 1.73. The Bertz CT molecular complexity index is 487. The molecule has 1 aromatic heterocycles. The van der Waals surface area contributed by atoms with Crippen LogP contribution in [0.25, 0.3) is 0 Å². The molecule has 0 aliphatic heterocycles. The van der Waals surface area contributed by atoms with E-state index in [9.17, 15) is 0 Å². The van der Waals surface area contributed by atoms with Crippen molar-refractivity contribution in [2.24, 2.45) is 0 Å². The molecule has 0 fully saturated rings. The Balaban J connectivity index is 2.19. The topological polar surface area (TPSA) is 22.1 Å². The molecule has 0 unspecified atom stereocenters. The van der Waals surface area contributed by atoms with Crippen molar-refractivity contribution < 1.29 is 4.74 Å². The Labute approximate surface area is 110 Å². The van der Waals surface area contributed by atoms with Gasteiger partial charge in [-0.3, -0.25) is 0 Å². The second-order valence-electron chi connectivity index (χ2n) is 3.38. The normalized spacial score (nSPS) is 10.2. The first-order chi connectivity index (χ1) is 8.33. The number of alkyl halides is 1. The molecule has 0 bridgehead atoms. The van der Waals surface area contributed by atoms with Gasteiger partial charge in [0.15, 0.2) is 0 Å². The number of ether oxygens (including phenoxy) is 1. The van der Waals surface area contributed by atoms with Crippen molar-refractivity contribution in [3.05, 3.63) is 48.2 Å². The van der Waals surface area contributed by atoms with Gasteiger partial charge in [-0.2, -0.15) is 0 Å². The van der Waals surface area contributed by atoms with Crippen molar-refractivity contribution in [2.45, 2.75) is 10.8 Å². The van der Waals surface area contributed by atoms with Gasteiger partial charge in [-0.25, -0.2) is 4.98 Å². The van der Waals surface area contributed by atoms with Crippen molar-refractivity contribution in [1.82, 2.24) is 4.98 Å². The lowest BCUT2D eigenvalue weighted by atomic mass is 10.3. The number of thioether (sulfide) groups is 1. The SMILES string of the molecule is CSc1ccc(Oc2ncccc2CCl)cc1. The van der Waals surface area contributed by atoms with E-state index in [1.165, 1.54) is 4.90 Å². The fourth-order valence-electron chi connectivity index (χ4n) is 1.37. The van der Waals surface area contributed by atoms with Crippen molar-refractivity contribution >= 4 is 23.4 Å². The maximum absolute atomic E-state index is 5.82. The molecule has 0 saturated carbocycles. The fourth-order valence-corrected chi connectivity index (χ4v) is 1.98. The first kappa shape index (κ1) is 12.3. The van der Waals surface area contributed by atoms with Gasteiger partial charge < -0.3 is 4.74 Å². The summed E-state index contributed by atoms with van der Waals surface area (Å²) in [4.78, 5) is 5.38. The van der Waals surface area contributed by atoms with E-state index < -0.39 is 0 Å². The van der Waals surface area contributed by atoms with Gasteiger partial charge in [0.2, 0.25) is 5.88 Å². The van der Waals surface area contributed by atoms with Gasteiger partial charge in [-0.15, -0.1) is 23.4 Å². The molecule has 0 aliphatic rings. The van der Waals surface area contributed by atoms with Crippen LogP contribution in [0.15, 0.2) is 47.5 Å². The smallest absolute Gasteiger partial charge is 0.223 e. The minimum absolute atomic E-state index is 0.395. The molecule has 0 saturated heterocycles. The summed E-state index contributed by atoms with van der Waals surface area (Å²) in [6, 6.07) is 11.6. The highest BCUT2D eigenvalue weighted by Crippen LogP contribution is 2.25. The number of hydrogen-bond donors (Lipinski definition) is 0. The van der Waals surface area contributed by atoms with E-state index >= 15 is 0 Å². The zero-order chi connectivity index (χ0) is 12.1. The molecule has 0 atom stereocenters. The van der Waals surface area contributed by atoms with Gasteiger partial charge in [-0.05, 0) is 36.6 Å². The zero-order valence-corrected chi connectivity index (χ0v) is 11.0. The van der Waals surface area contributed by atoms with E-state index in [-0.39, 0.29) is 0 Å². The quantitative estimate of drug-likeness (QED) is 0.607. The molecule has 0 spiro atoms. The number of aromatic nitrogens is 1. The number of pyridine rings is 1. The van der Waals surface area contributed by atoms with Crippen LogP contribution in [0.4, 0.5) is 0 Å². The van der Waals surface area contributed by atoms with E-state index in [4.69, 9.17) is 16.3 Å². The lowest BCUT2D eigenvalue weighted by Crippen LogP contribution is -1.92. The molecule has 0 aliphatic carbocycles. The molecule has 1 heterocycles. The van der Waals surface area contributed by atoms with Gasteiger partial charge in [0, 0.05) is 16.7 Å². The van der Waals surface area contributed by atoms with Crippen LogP contribution in [0.5, 0.6) is 11.6 Å². The molecule has 2 rings (SSSR count). The summed E-state index contributed by atoms with van der Waals surface area (Å²) in [6.45, 7) is 0. The lowest BCUT2D eigenvalue weighted by molar-refractivity contribution is 0.458. The van der Waals surface area contributed by atoms with E-state index in [2.05, 4.69) is 4.98 Å².